The minimum Gasteiger partial charge on any atom is -0.490 e. The Morgan fingerprint density at radius 1 is 1.29 bits per heavy atom. The predicted molar refractivity (Wildman–Crippen MR) is 85.0 cm³/mol. The van der Waals surface area contributed by atoms with Gasteiger partial charge in [-0.15, -0.1) is 0 Å². The van der Waals surface area contributed by atoms with Gasteiger partial charge in [-0.1, -0.05) is 6.92 Å². The fourth-order valence-electron chi connectivity index (χ4n) is 2.07. The summed E-state index contributed by atoms with van der Waals surface area (Å²) >= 11 is 0. The number of anilines is 2. The Morgan fingerprint density at radius 2 is 1.90 bits per heavy atom. The summed E-state index contributed by atoms with van der Waals surface area (Å²) in [7, 11) is 5.43. The number of rotatable bonds is 9. The summed E-state index contributed by atoms with van der Waals surface area (Å²) in [6.45, 7) is 5.59. The molecule has 0 saturated heterocycles. The Bertz CT molecular complexity index is 437. The first kappa shape index (κ1) is 17.5. The maximum Gasteiger partial charge on any atom is 0.204 e. The number of hydrogen-bond donors (Lipinski definition) is 3. The molecule has 1 rings (SSSR count). The third-order valence-electron chi connectivity index (χ3n) is 2.84. The Kier molecular flexibility index (Phi) is 6.64. The molecule has 0 saturated carbocycles. The van der Waals surface area contributed by atoms with Crippen LogP contribution in [0.3, 0.4) is 0 Å². The predicted octanol–water partition coefficient (Wildman–Crippen LogP) is 1.03. The quantitative estimate of drug-likeness (QED) is 0.628. The summed E-state index contributed by atoms with van der Waals surface area (Å²) in [6.07, 6.45) is 2.47. The van der Waals surface area contributed by atoms with Crippen molar-refractivity contribution < 1.29 is 9.84 Å². The molecule has 0 bridgehead atoms. The molecule has 0 aliphatic rings. The molecule has 7 heteroatoms. The van der Waals surface area contributed by atoms with Crippen LogP contribution in [-0.4, -0.2) is 66.4 Å². The molecule has 7 nitrogen and oxygen atoms in total. The molecule has 0 spiro atoms. The van der Waals surface area contributed by atoms with Crippen LogP contribution < -0.4 is 15.4 Å². The molecular weight excluding hydrogens is 270 g/mol. The molecule has 120 valence electrons. The van der Waals surface area contributed by atoms with Crippen LogP contribution >= 0.6 is 0 Å². The van der Waals surface area contributed by atoms with E-state index in [4.69, 9.17) is 4.74 Å². The molecule has 0 aliphatic carbocycles. The van der Waals surface area contributed by atoms with Crippen LogP contribution in [0.2, 0.25) is 0 Å². The molecule has 0 radical (unpaired) electrons. The lowest BCUT2D eigenvalue weighted by Crippen LogP contribution is -2.43. The average Bonchev–Trinajstić information content (AvgIpc) is 2.41. The van der Waals surface area contributed by atoms with E-state index in [0.717, 1.165) is 13.0 Å². The van der Waals surface area contributed by atoms with Gasteiger partial charge in [-0.05, 0) is 27.4 Å². The Labute approximate surface area is 126 Å². The fraction of sp³-hybridized carbons (Fsp3) is 0.714. The van der Waals surface area contributed by atoms with Gasteiger partial charge < -0.3 is 25.4 Å². The normalized spacial score (nSPS) is 13.9. The topological polar surface area (TPSA) is 82.5 Å². The number of ether oxygens (including phenoxy) is 1. The van der Waals surface area contributed by atoms with Gasteiger partial charge in [0.1, 0.15) is 6.33 Å². The van der Waals surface area contributed by atoms with Crippen molar-refractivity contribution in [2.75, 3.05) is 51.5 Å². The molecule has 1 atom stereocenters. The van der Waals surface area contributed by atoms with Crippen molar-refractivity contribution in [1.29, 1.82) is 0 Å². The Morgan fingerprint density at radius 3 is 2.43 bits per heavy atom. The summed E-state index contributed by atoms with van der Waals surface area (Å²) in [5.41, 5.74) is -0.865. The van der Waals surface area contributed by atoms with Crippen LogP contribution in [0.4, 0.5) is 11.6 Å². The third kappa shape index (κ3) is 5.73. The van der Waals surface area contributed by atoms with E-state index in [9.17, 15) is 5.11 Å². The van der Waals surface area contributed by atoms with E-state index in [2.05, 4.69) is 27.5 Å². The van der Waals surface area contributed by atoms with Crippen molar-refractivity contribution in [2.45, 2.75) is 25.9 Å². The van der Waals surface area contributed by atoms with Gasteiger partial charge in [-0.25, -0.2) is 9.97 Å². The number of aromatic nitrogens is 2. The summed E-state index contributed by atoms with van der Waals surface area (Å²) < 4.78 is 5.38. The van der Waals surface area contributed by atoms with Crippen LogP contribution in [0, 0.1) is 0 Å². The highest BCUT2D eigenvalue weighted by molar-refractivity contribution is 5.63. The highest BCUT2D eigenvalue weighted by Gasteiger charge is 2.22. The fourth-order valence-corrected chi connectivity index (χ4v) is 2.07. The average molecular weight is 297 g/mol. The first-order valence-electron chi connectivity index (χ1n) is 7.13. The first-order valence-corrected chi connectivity index (χ1v) is 7.13. The van der Waals surface area contributed by atoms with Crippen LogP contribution in [0.15, 0.2) is 6.33 Å². The lowest BCUT2D eigenvalue weighted by molar-refractivity contribution is 0.0458. The second kappa shape index (κ2) is 7.99. The maximum absolute atomic E-state index is 10.3. The molecule has 21 heavy (non-hydrogen) atoms. The monoisotopic (exact) mass is 297 g/mol. The minimum atomic E-state index is -0.865. The lowest BCUT2D eigenvalue weighted by atomic mass is 10.1. The smallest absolute Gasteiger partial charge is 0.204 e. The molecule has 0 fully saturated rings. The van der Waals surface area contributed by atoms with E-state index in [1.54, 1.807) is 14.0 Å². The molecule has 1 aromatic rings. The van der Waals surface area contributed by atoms with Gasteiger partial charge in [0.25, 0.3) is 0 Å². The standard InChI is InChI=1S/C14H27N5O2/c1-6-7-15-12-11(21-5)13(18-10-17-12)16-8-14(2,20)9-19(3)4/h10,20H,6-9H2,1-5H3,(H2,15,16,17,18). The Hall–Kier alpha value is -1.60. The van der Waals surface area contributed by atoms with Crippen molar-refractivity contribution in [3.8, 4) is 5.75 Å². The van der Waals surface area contributed by atoms with E-state index in [-0.39, 0.29) is 0 Å². The zero-order valence-electron chi connectivity index (χ0n) is 13.6. The van der Waals surface area contributed by atoms with E-state index in [1.807, 2.05) is 19.0 Å². The van der Waals surface area contributed by atoms with Crippen molar-refractivity contribution in [1.82, 2.24) is 14.9 Å². The third-order valence-corrected chi connectivity index (χ3v) is 2.84. The largest absolute Gasteiger partial charge is 0.490 e. The van der Waals surface area contributed by atoms with Crippen LogP contribution in [0.1, 0.15) is 20.3 Å². The van der Waals surface area contributed by atoms with E-state index in [1.165, 1.54) is 6.33 Å². The van der Waals surface area contributed by atoms with Gasteiger partial charge in [0.2, 0.25) is 5.75 Å². The number of nitrogens with zero attached hydrogens (tertiary/aromatic N) is 3. The molecule has 3 N–H and O–H groups in total. The van der Waals surface area contributed by atoms with Crippen molar-refractivity contribution >= 4 is 11.6 Å². The molecular formula is C14H27N5O2. The summed E-state index contributed by atoms with van der Waals surface area (Å²) in [5.74, 6) is 1.79. The zero-order chi connectivity index (χ0) is 15.9. The van der Waals surface area contributed by atoms with Crippen LogP contribution in [-0.2, 0) is 0 Å². The van der Waals surface area contributed by atoms with Gasteiger partial charge in [0.15, 0.2) is 11.6 Å². The lowest BCUT2D eigenvalue weighted by Gasteiger charge is -2.27. The van der Waals surface area contributed by atoms with Gasteiger partial charge in [-0.3, -0.25) is 0 Å². The number of aliphatic hydroxyl groups is 1. The van der Waals surface area contributed by atoms with Crippen molar-refractivity contribution in [3.63, 3.8) is 0 Å². The molecule has 1 unspecified atom stereocenters. The van der Waals surface area contributed by atoms with E-state index in [0.29, 0.717) is 30.5 Å². The van der Waals surface area contributed by atoms with Crippen LogP contribution in [0.25, 0.3) is 0 Å². The summed E-state index contributed by atoms with van der Waals surface area (Å²) in [4.78, 5) is 10.3. The molecule has 0 amide bonds. The zero-order valence-corrected chi connectivity index (χ0v) is 13.6. The number of hydrogen-bond acceptors (Lipinski definition) is 7. The molecule has 1 heterocycles. The van der Waals surface area contributed by atoms with E-state index < -0.39 is 5.60 Å². The van der Waals surface area contributed by atoms with Gasteiger partial charge >= 0.3 is 0 Å². The minimum absolute atomic E-state index is 0.367. The van der Waals surface area contributed by atoms with Crippen molar-refractivity contribution in [3.05, 3.63) is 6.33 Å². The molecule has 0 aliphatic heterocycles. The number of nitrogens with one attached hydrogen (secondary N) is 2. The first-order chi connectivity index (χ1) is 9.89. The van der Waals surface area contributed by atoms with Gasteiger partial charge in [0, 0.05) is 19.6 Å². The number of likely N-dealkylation sites (N-methyl/N-ethyl adjacent to an activating group) is 1. The maximum atomic E-state index is 10.3. The summed E-state index contributed by atoms with van der Waals surface area (Å²) in [6, 6.07) is 0. The second-order valence-electron chi connectivity index (χ2n) is 5.62. The van der Waals surface area contributed by atoms with Crippen molar-refractivity contribution in [2.24, 2.45) is 0 Å². The molecule has 1 aromatic heterocycles. The number of methoxy groups -OCH3 is 1. The second-order valence-corrected chi connectivity index (χ2v) is 5.62. The highest BCUT2D eigenvalue weighted by Crippen LogP contribution is 2.29. The SMILES string of the molecule is CCCNc1ncnc(NCC(C)(O)CN(C)C)c1OC. The van der Waals surface area contributed by atoms with Gasteiger partial charge in [-0.2, -0.15) is 0 Å². The highest BCUT2D eigenvalue weighted by atomic mass is 16.5. The van der Waals surface area contributed by atoms with Crippen LogP contribution in [0.5, 0.6) is 5.75 Å². The van der Waals surface area contributed by atoms with Gasteiger partial charge in [0.05, 0.1) is 12.7 Å². The van der Waals surface area contributed by atoms with E-state index >= 15 is 0 Å². The summed E-state index contributed by atoms with van der Waals surface area (Å²) in [5, 5.41) is 16.6. The molecule has 0 aromatic carbocycles. The Balaban J connectivity index is 2.78.